The largest absolute Gasteiger partial charge is 0.355 e. The van der Waals surface area contributed by atoms with Crippen LogP contribution in [-0.4, -0.2) is 61.0 Å². The highest BCUT2D eigenvalue weighted by atomic mass is 32.1. The molecule has 0 saturated carbocycles. The van der Waals surface area contributed by atoms with Gasteiger partial charge in [-0.05, 0) is 26.2 Å². The Bertz CT molecular complexity index is 565. The number of thiazole rings is 1. The summed E-state index contributed by atoms with van der Waals surface area (Å²) in [6.45, 7) is 7.94. The van der Waals surface area contributed by atoms with Crippen molar-refractivity contribution in [3.05, 3.63) is 16.1 Å². The van der Waals surface area contributed by atoms with Crippen LogP contribution in [0.5, 0.6) is 0 Å². The van der Waals surface area contributed by atoms with Gasteiger partial charge in [0, 0.05) is 43.8 Å². The first-order valence-electron chi connectivity index (χ1n) is 8.98. The van der Waals surface area contributed by atoms with Crippen molar-refractivity contribution in [1.29, 1.82) is 0 Å². The molecule has 25 heavy (non-hydrogen) atoms. The van der Waals surface area contributed by atoms with Crippen LogP contribution in [0.4, 0.5) is 0 Å². The molecule has 0 atom stereocenters. The molecule has 2 rings (SSSR count). The van der Waals surface area contributed by atoms with E-state index in [9.17, 15) is 4.79 Å². The fourth-order valence-corrected chi connectivity index (χ4v) is 3.52. The number of nitrogens with zero attached hydrogens (tertiary/aromatic N) is 3. The van der Waals surface area contributed by atoms with E-state index in [-0.39, 0.29) is 5.91 Å². The molecule has 1 fully saturated rings. The summed E-state index contributed by atoms with van der Waals surface area (Å²) in [5.41, 5.74) is 0. The van der Waals surface area contributed by atoms with Crippen LogP contribution in [0.2, 0.25) is 0 Å². The fourth-order valence-electron chi connectivity index (χ4n) is 2.79. The first kappa shape index (κ1) is 19.7. The maximum atomic E-state index is 11.8. The van der Waals surface area contributed by atoms with Gasteiger partial charge in [0.2, 0.25) is 5.91 Å². The van der Waals surface area contributed by atoms with Crippen LogP contribution in [0.25, 0.3) is 0 Å². The summed E-state index contributed by atoms with van der Waals surface area (Å²) in [6, 6.07) is 0.388. The van der Waals surface area contributed by atoms with Crippen LogP contribution in [0.1, 0.15) is 36.1 Å². The first-order chi connectivity index (χ1) is 12.1. The minimum Gasteiger partial charge on any atom is -0.355 e. The maximum absolute atomic E-state index is 11.8. The highest BCUT2D eigenvalue weighted by Gasteiger charge is 2.21. The minimum atomic E-state index is 0.129. The summed E-state index contributed by atoms with van der Waals surface area (Å²) in [5.74, 6) is 0.941. The Labute approximate surface area is 154 Å². The summed E-state index contributed by atoms with van der Waals surface area (Å²) in [5, 5.41) is 10.8. The molecule has 8 heteroatoms. The number of likely N-dealkylation sites (tertiary alicyclic amines) is 1. The van der Waals surface area contributed by atoms with Crippen molar-refractivity contribution >= 4 is 23.2 Å². The second-order valence-corrected chi connectivity index (χ2v) is 7.65. The topological polar surface area (TPSA) is 81.7 Å². The average Bonchev–Trinajstić information content (AvgIpc) is 3.03. The summed E-state index contributed by atoms with van der Waals surface area (Å²) in [6.07, 6.45) is 4.89. The van der Waals surface area contributed by atoms with Gasteiger partial charge in [-0.25, -0.2) is 4.98 Å². The van der Waals surface area contributed by atoms with Crippen LogP contribution in [0.3, 0.4) is 0 Å². The number of aromatic nitrogens is 1. The molecule has 140 valence electrons. The Kier molecular flexibility index (Phi) is 8.14. The molecular formula is C17H30N6OS. The zero-order valence-corrected chi connectivity index (χ0v) is 16.3. The number of aryl methyl sites for hydroxylation is 1. The lowest BCUT2D eigenvalue weighted by Gasteiger charge is -2.32. The van der Waals surface area contributed by atoms with Crippen molar-refractivity contribution < 1.29 is 4.79 Å². The summed E-state index contributed by atoms with van der Waals surface area (Å²) in [4.78, 5) is 23.9. The minimum absolute atomic E-state index is 0.129. The summed E-state index contributed by atoms with van der Waals surface area (Å²) < 4.78 is 0. The monoisotopic (exact) mass is 366 g/mol. The van der Waals surface area contributed by atoms with E-state index in [4.69, 9.17) is 0 Å². The van der Waals surface area contributed by atoms with Crippen molar-refractivity contribution in [3.63, 3.8) is 0 Å². The van der Waals surface area contributed by atoms with Crippen LogP contribution in [-0.2, 0) is 11.3 Å². The lowest BCUT2D eigenvalue weighted by Crippen LogP contribution is -2.50. The second-order valence-electron chi connectivity index (χ2n) is 6.34. The van der Waals surface area contributed by atoms with Crippen LogP contribution in [0.15, 0.2) is 11.2 Å². The van der Waals surface area contributed by atoms with E-state index < -0.39 is 0 Å². The summed E-state index contributed by atoms with van der Waals surface area (Å²) >= 11 is 1.70. The van der Waals surface area contributed by atoms with Gasteiger partial charge < -0.3 is 16.0 Å². The molecule has 1 aromatic heterocycles. The van der Waals surface area contributed by atoms with Gasteiger partial charge in [-0.2, -0.15) is 0 Å². The average molecular weight is 367 g/mol. The predicted octanol–water partition coefficient (Wildman–Crippen LogP) is 1.11. The van der Waals surface area contributed by atoms with Gasteiger partial charge in [0.05, 0.1) is 13.1 Å². The Balaban J connectivity index is 1.68. The van der Waals surface area contributed by atoms with Crippen LogP contribution < -0.4 is 16.0 Å². The molecule has 3 N–H and O–H groups in total. The van der Waals surface area contributed by atoms with Crippen LogP contribution in [0, 0.1) is 6.92 Å². The number of carbonyl (C=O) groups is 1. The fraction of sp³-hybridized carbons (Fsp3) is 0.706. The lowest BCUT2D eigenvalue weighted by molar-refractivity contribution is -0.122. The van der Waals surface area contributed by atoms with E-state index in [2.05, 4.69) is 44.7 Å². The van der Waals surface area contributed by atoms with E-state index in [1.54, 1.807) is 18.4 Å². The van der Waals surface area contributed by atoms with E-state index in [1.165, 1.54) is 4.88 Å². The molecule has 0 unspecified atom stereocenters. The molecule has 0 bridgehead atoms. The number of guanidine groups is 1. The summed E-state index contributed by atoms with van der Waals surface area (Å²) in [7, 11) is 1.79. The number of amides is 1. The number of rotatable bonds is 7. The molecule has 1 amide bonds. The number of aliphatic imine (C=N–C) groups is 1. The highest BCUT2D eigenvalue weighted by Crippen LogP contribution is 2.11. The Morgan fingerprint density at radius 3 is 2.76 bits per heavy atom. The Hall–Kier alpha value is -1.67. The molecule has 0 aromatic carbocycles. The third-order valence-corrected chi connectivity index (χ3v) is 5.08. The molecule has 0 spiro atoms. The number of piperidine rings is 1. The number of hydrogen-bond acceptors (Lipinski definition) is 5. The molecule has 7 nitrogen and oxygen atoms in total. The Morgan fingerprint density at radius 1 is 1.40 bits per heavy atom. The first-order valence-corrected chi connectivity index (χ1v) is 9.80. The second kappa shape index (κ2) is 10.4. The molecular weight excluding hydrogens is 336 g/mol. The van der Waals surface area contributed by atoms with Gasteiger partial charge >= 0.3 is 0 Å². The molecule has 0 aliphatic carbocycles. The number of hydrogen-bond donors (Lipinski definition) is 3. The number of carbonyl (C=O) groups excluding carboxylic acids is 1. The van der Waals surface area contributed by atoms with Gasteiger partial charge in [0.1, 0.15) is 5.01 Å². The lowest BCUT2D eigenvalue weighted by atomic mass is 10.1. The van der Waals surface area contributed by atoms with Crippen molar-refractivity contribution in [3.8, 4) is 0 Å². The van der Waals surface area contributed by atoms with Gasteiger partial charge in [-0.1, -0.05) is 6.92 Å². The third-order valence-electron chi connectivity index (χ3n) is 4.17. The smallest absolute Gasteiger partial charge is 0.234 e. The molecule has 1 aliphatic heterocycles. The zero-order chi connectivity index (χ0) is 18.1. The molecule has 1 saturated heterocycles. The van der Waals surface area contributed by atoms with Crippen molar-refractivity contribution in [1.82, 2.24) is 25.8 Å². The standard InChI is InChI=1S/C17H30N6OS/c1-4-7-19-15(24)12-23-8-5-14(6-9-23)22-17(18-3)21-11-16-20-10-13(2)25-16/h10,14H,4-9,11-12H2,1-3H3,(H,19,24)(H2,18,21,22). The molecule has 1 aromatic rings. The predicted molar refractivity (Wildman–Crippen MR) is 103 cm³/mol. The van der Waals surface area contributed by atoms with E-state index in [0.29, 0.717) is 19.1 Å². The Morgan fingerprint density at radius 2 is 2.16 bits per heavy atom. The van der Waals surface area contributed by atoms with Gasteiger partial charge in [0.25, 0.3) is 0 Å². The van der Waals surface area contributed by atoms with Gasteiger partial charge in [0.15, 0.2) is 5.96 Å². The van der Waals surface area contributed by atoms with Crippen molar-refractivity contribution in [2.24, 2.45) is 4.99 Å². The zero-order valence-electron chi connectivity index (χ0n) is 15.5. The normalized spacial score (nSPS) is 16.7. The maximum Gasteiger partial charge on any atom is 0.234 e. The quantitative estimate of drug-likeness (QED) is 0.497. The van der Waals surface area contributed by atoms with E-state index in [0.717, 1.165) is 49.9 Å². The van der Waals surface area contributed by atoms with Gasteiger partial charge in [-0.15, -0.1) is 11.3 Å². The van der Waals surface area contributed by atoms with E-state index in [1.807, 2.05) is 6.20 Å². The van der Waals surface area contributed by atoms with Crippen LogP contribution >= 0.6 is 11.3 Å². The molecule has 2 heterocycles. The van der Waals surface area contributed by atoms with Gasteiger partial charge in [-0.3, -0.25) is 14.7 Å². The molecule has 0 radical (unpaired) electrons. The number of nitrogens with one attached hydrogen (secondary N) is 3. The SMILES string of the molecule is CCCNC(=O)CN1CCC(NC(=NC)NCc2ncc(C)s2)CC1. The molecule has 1 aliphatic rings. The van der Waals surface area contributed by atoms with Crippen molar-refractivity contribution in [2.75, 3.05) is 33.2 Å². The van der Waals surface area contributed by atoms with Crippen molar-refractivity contribution in [2.45, 2.75) is 45.7 Å². The third kappa shape index (κ3) is 6.99. The highest BCUT2D eigenvalue weighted by molar-refractivity contribution is 7.11. The van der Waals surface area contributed by atoms with E-state index >= 15 is 0 Å².